The Morgan fingerprint density at radius 1 is 1.32 bits per heavy atom. The van der Waals surface area contributed by atoms with Gasteiger partial charge in [-0.1, -0.05) is 19.9 Å². The van der Waals surface area contributed by atoms with Crippen LogP contribution in [-0.2, 0) is 17.7 Å². The van der Waals surface area contributed by atoms with Gasteiger partial charge in [0.25, 0.3) is 0 Å². The minimum atomic E-state index is -0.446. The van der Waals surface area contributed by atoms with E-state index in [0.29, 0.717) is 12.5 Å². The van der Waals surface area contributed by atoms with E-state index < -0.39 is 5.60 Å². The van der Waals surface area contributed by atoms with Gasteiger partial charge in [-0.15, -0.1) is 0 Å². The van der Waals surface area contributed by atoms with Crippen LogP contribution in [0.3, 0.4) is 0 Å². The van der Waals surface area contributed by atoms with Crippen LogP contribution in [-0.4, -0.2) is 29.7 Å². The van der Waals surface area contributed by atoms with Crippen molar-refractivity contribution in [3.63, 3.8) is 0 Å². The smallest absolute Gasteiger partial charge is 0.410 e. The van der Waals surface area contributed by atoms with Crippen LogP contribution in [0.25, 0.3) is 0 Å². The van der Waals surface area contributed by atoms with E-state index in [4.69, 9.17) is 4.74 Å². The molecule has 1 amide bonds. The molecule has 0 saturated carbocycles. The number of carbonyl (C=O) groups excluding carboxylic acids is 1. The van der Waals surface area contributed by atoms with Crippen LogP contribution in [0.5, 0.6) is 0 Å². The van der Waals surface area contributed by atoms with Gasteiger partial charge in [0.1, 0.15) is 5.60 Å². The van der Waals surface area contributed by atoms with Gasteiger partial charge < -0.3 is 15.0 Å². The minimum absolute atomic E-state index is 0.223. The van der Waals surface area contributed by atoms with Crippen molar-refractivity contribution in [2.45, 2.75) is 53.2 Å². The maximum atomic E-state index is 12.2. The molecule has 4 heteroatoms. The number of benzene rings is 1. The van der Waals surface area contributed by atoms with E-state index >= 15 is 0 Å². The first-order valence-corrected chi connectivity index (χ1v) is 8.08. The molecule has 1 aliphatic rings. The average Bonchev–Trinajstić information content (AvgIpc) is 2.42. The minimum Gasteiger partial charge on any atom is -0.444 e. The van der Waals surface area contributed by atoms with Gasteiger partial charge in [-0.2, -0.15) is 0 Å². The lowest BCUT2D eigenvalue weighted by molar-refractivity contribution is 0.0224. The molecule has 2 rings (SSSR count). The molecule has 1 N–H and O–H groups in total. The van der Waals surface area contributed by atoms with E-state index in [0.717, 1.165) is 25.2 Å². The Kier molecular flexibility index (Phi) is 4.99. The molecule has 0 bridgehead atoms. The molecule has 1 aromatic carbocycles. The molecule has 0 atom stereocenters. The molecule has 0 spiro atoms. The van der Waals surface area contributed by atoms with Gasteiger partial charge in [0.2, 0.25) is 0 Å². The quantitative estimate of drug-likeness (QED) is 0.916. The predicted octanol–water partition coefficient (Wildman–Crippen LogP) is 4.05. The molecule has 0 unspecified atom stereocenters. The fourth-order valence-corrected chi connectivity index (χ4v) is 2.47. The molecule has 0 radical (unpaired) electrons. The Hall–Kier alpha value is -1.71. The number of anilines is 1. The largest absolute Gasteiger partial charge is 0.444 e. The highest BCUT2D eigenvalue weighted by atomic mass is 16.6. The van der Waals surface area contributed by atoms with Gasteiger partial charge in [0, 0.05) is 25.3 Å². The van der Waals surface area contributed by atoms with Crippen molar-refractivity contribution in [3.8, 4) is 0 Å². The highest BCUT2D eigenvalue weighted by Gasteiger charge is 2.25. The number of hydrogen-bond donors (Lipinski definition) is 1. The van der Waals surface area contributed by atoms with Crippen molar-refractivity contribution in [2.24, 2.45) is 5.92 Å². The summed E-state index contributed by atoms with van der Waals surface area (Å²) >= 11 is 0. The number of fused-ring (bicyclic) bond motifs is 1. The average molecular weight is 304 g/mol. The molecule has 122 valence electrons. The third kappa shape index (κ3) is 4.65. The summed E-state index contributed by atoms with van der Waals surface area (Å²) in [6, 6.07) is 6.46. The van der Waals surface area contributed by atoms with E-state index in [1.165, 1.54) is 11.1 Å². The van der Waals surface area contributed by atoms with Crippen LogP contribution < -0.4 is 5.32 Å². The van der Waals surface area contributed by atoms with Gasteiger partial charge in [0.15, 0.2) is 0 Å². The van der Waals surface area contributed by atoms with E-state index in [9.17, 15) is 4.79 Å². The van der Waals surface area contributed by atoms with Crippen LogP contribution in [0.2, 0.25) is 0 Å². The van der Waals surface area contributed by atoms with Gasteiger partial charge in [0.05, 0.1) is 0 Å². The lowest BCUT2D eigenvalue weighted by atomic mass is 9.99. The maximum absolute atomic E-state index is 12.2. The Balaban J connectivity index is 2.05. The van der Waals surface area contributed by atoms with Crippen LogP contribution in [0.4, 0.5) is 10.5 Å². The second kappa shape index (κ2) is 6.59. The summed E-state index contributed by atoms with van der Waals surface area (Å²) in [5.41, 5.74) is 3.22. The number of nitrogens with one attached hydrogen (secondary N) is 1. The standard InChI is InChI=1S/C18H28N2O2/c1-13(2)11-19-16-7-6-14-8-9-20(12-15(14)10-16)17(21)22-18(3,4)5/h6-7,10,13,19H,8-9,11-12H2,1-5H3. The highest BCUT2D eigenvalue weighted by molar-refractivity contribution is 5.69. The Morgan fingerprint density at radius 2 is 2.05 bits per heavy atom. The zero-order valence-corrected chi connectivity index (χ0v) is 14.4. The van der Waals surface area contributed by atoms with Crippen LogP contribution in [0.1, 0.15) is 45.7 Å². The first-order valence-electron chi connectivity index (χ1n) is 8.08. The SMILES string of the molecule is CC(C)CNc1ccc2c(c1)CN(C(=O)OC(C)(C)C)CC2. The second-order valence-corrected chi connectivity index (χ2v) is 7.41. The zero-order valence-electron chi connectivity index (χ0n) is 14.4. The van der Waals surface area contributed by atoms with E-state index in [2.05, 4.69) is 37.4 Å². The number of carbonyl (C=O) groups is 1. The maximum Gasteiger partial charge on any atom is 0.410 e. The summed E-state index contributed by atoms with van der Waals surface area (Å²) in [7, 11) is 0. The lowest BCUT2D eigenvalue weighted by Gasteiger charge is -2.31. The molecular formula is C18H28N2O2. The van der Waals surface area contributed by atoms with Gasteiger partial charge in [-0.25, -0.2) is 4.79 Å². The highest BCUT2D eigenvalue weighted by Crippen LogP contribution is 2.24. The van der Waals surface area contributed by atoms with Gasteiger partial charge in [-0.05, 0) is 56.4 Å². The molecule has 0 aliphatic carbocycles. The lowest BCUT2D eigenvalue weighted by Crippen LogP contribution is -2.39. The van der Waals surface area contributed by atoms with E-state index in [1.54, 1.807) is 4.90 Å². The molecule has 1 aliphatic heterocycles. The van der Waals surface area contributed by atoms with Gasteiger partial charge >= 0.3 is 6.09 Å². The Bertz CT molecular complexity index is 532. The monoisotopic (exact) mass is 304 g/mol. The topological polar surface area (TPSA) is 41.6 Å². The van der Waals surface area contributed by atoms with Crippen LogP contribution in [0.15, 0.2) is 18.2 Å². The number of nitrogens with zero attached hydrogens (tertiary/aromatic N) is 1. The Labute approximate surface area is 133 Å². The van der Waals surface area contributed by atoms with Crippen molar-refractivity contribution in [1.29, 1.82) is 0 Å². The molecule has 0 fully saturated rings. The number of amides is 1. The van der Waals surface area contributed by atoms with Crippen molar-refractivity contribution in [1.82, 2.24) is 4.90 Å². The summed E-state index contributed by atoms with van der Waals surface area (Å²) in [6.07, 6.45) is 0.665. The van der Waals surface area contributed by atoms with Crippen molar-refractivity contribution in [2.75, 3.05) is 18.4 Å². The molecule has 1 heterocycles. The van der Waals surface area contributed by atoms with Gasteiger partial charge in [-0.3, -0.25) is 0 Å². The van der Waals surface area contributed by atoms with Crippen LogP contribution >= 0.6 is 0 Å². The first-order chi connectivity index (χ1) is 10.2. The number of hydrogen-bond acceptors (Lipinski definition) is 3. The van der Waals surface area contributed by atoms with Crippen LogP contribution in [0, 0.1) is 5.92 Å². The predicted molar refractivity (Wildman–Crippen MR) is 90.1 cm³/mol. The second-order valence-electron chi connectivity index (χ2n) is 7.41. The summed E-state index contributed by atoms with van der Waals surface area (Å²) in [6.45, 7) is 12.4. The van der Waals surface area contributed by atoms with Crippen molar-refractivity contribution in [3.05, 3.63) is 29.3 Å². The third-order valence-electron chi connectivity index (χ3n) is 3.58. The summed E-state index contributed by atoms with van der Waals surface area (Å²) in [4.78, 5) is 14.0. The Morgan fingerprint density at radius 3 is 2.68 bits per heavy atom. The zero-order chi connectivity index (χ0) is 16.3. The fourth-order valence-electron chi connectivity index (χ4n) is 2.47. The normalized spacial score (nSPS) is 14.7. The summed E-state index contributed by atoms with van der Waals surface area (Å²) in [5, 5.41) is 3.44. The van der Waals surface area contributed by atoms with E-state index in [-0.39, 0.29) is 6.09 Å². The van der Waals surface area contributed by atoms with Crippen molar-refractivity contribution < 1.29 is 9.53 Å². The fraction of sp³-hybridized carbons (Fsp3) is 0.611. The molecule has 0 aromatic heterocycles. The van der Waals surface area contributed by atoms with Crippen molar-refractivity contribution >= 4 is 11.8 Å². The molecule has 0 saturated heterocycles. The third-order valence-corrected chi connectivity index (χ3v) is 3.58. The first kappa shape index (κ1) is 16.7. The molecule has 22 heavy (non-hydrogen) atoms. The summed E-state index contributed by atoms with van der Waals surface area (Å²) < 4.78 is 5.47. The molecular weight excluding hydrogens is 276 g/mol. The molecule has 1 aromatic rings. The molecule has 4 nitrogen and oxygen atoms in total. The number of ether oxygens (including phenoxy) is 1. The number of rotatable bonds is 3. The summed E-state index contributed by atoms with van der Waals surface area (Å²) in [5.74, 6) is 0.606. The van der Waals surface area contributed by atoms with E-state index in [1.807, 2.05) is 20.8 Å².